The molecule has 2 heterocycles. The second kappa shape index (κ2) is 3.36. The summed E-state index contributed by atoms with van der Waals surface area (Å²) in [6.07, 6.45) is 2.90. The van der Waals surface area contributed by atoms with Crippen molar-refractivity contribution in [3.63, 3.8) is 0 Å². The molecule has 2 rings (SSSR count). The molecule has 1 aromatic heterocycles. The van der Waals surface area contributed by atoms with Gasteiger partial charge < -0.3 is 10.6 Å². The molecule has 0 saturated carbocycles. The zero-order valence-corrected chi connectivity index (χ0v) is 6.89. The van der Waals surface area contributed by atoms with Crippen molar-refractivity contribution in [3.05, 3.63) is 18.1 Å². The van der Waals surface area contributed by atoms with Crippen LogP contribution in [0.5, 0.6) is 0 Å². The summed E-state index contributed by atoms with van der Waals surface area (Å²) >= 11 is 0. The Morgan fingerprint density at radius 1 is 1.42 bits per heavy atom. The van der Waals surface area contributed by atoms with Crippen LogP contribution >= 0.6 is 12.4 Å². The van der Waals surface area contributed by atoms with E-state index in [4.69, 9.17) is 0 Å². The average Bonchev–Trinajstić information content (AvgIpc) is 2.06. The predicted molar refractivity (Wildman–Crippen MR) is 45.2 cm³/mol. The summed E-state index contributed by atoms with van der Waals surface area (Å²) in [5.74, 6) is 0.475. The lowest BCUT2D eigenvalue weighted by atomic mass is 10.2. The lowest BCUT2D eigenvalue weighted by Gasteiger charge is -2.15. The molecule has 2 N–H and O–H groups in total. The lowest BCUT2D eigenvalue weighted by Crippen LogP contribution is -2.35. The molecule has 1 aromatic rings. The van der Waals surface area contributed by atoms with Gasteiger partial charge in [-0.1, -0.05) is 0 Å². The van der Waals surface area contributed by atoms with E-state index in [2.05, 4.69) is 20.6 Å². The summed E-state index contributed by atoms with van der Waals surface area (Å²) in [6, 6.07) is 0. The SMILES string of the molecule is Cl.O=C1NCNc2ncncc21. The maximum atomic E-state index is 11.1. The number of halogens is 1. The Kier molecular flexibility index (Phi) is 2.44. The van der Waals surface area contributed by atoms with Gasteiger partial charge in [0.2, 0.25) is 0 Å². The van der Waals surface area contributed by atoms with Crippen LogP contribution in [0.15, 0.2) is 12.5 Å². The number of carbonyl (C=O) groups is 1. The standard InChI is InChI=1S/C6H6N4O.ClH/c11-6-4-1-7-2-8-5(4)9-3-10-6;/h1-2H,3H2,(H,10,11)(H,7,8,9);1H. The van der Waals surface area contributed by atoms with Gasteiger partial charge in [-0.05, 0) is 0 Å². The van der Waals surface area contributed by atoms with Crippen LogP contribution in [0.3, 0.4) is 0 Å². The third kappa shape index (κ3) is 1.31. The molecule has 6 heteroatoms. The largest absolute Gasteiger partial charge is 0.352 e. The number of amides is 1. The van der Waals surface area contributed by atoms with Gasteiger partial charge in [-0.25, -0.2) is 9.97 Å². The molecular weight excluding hydrogens is 180 g/mol. The van der Waals surface area contributed by atoms with Gasteiger partial charge in [0.1, 0.15) is 17.7 Å². The first-order valence-corrected chi connectivity index (χ1v) is 3.20. The van der Waals surface area contributed by atoms with Crippen LogP contribution in [0.25, 0.3) is 0 Å². The van der Waals surface area contributed by atoms with Gasteiger partial charge in [0.25, 0.3) is 5.91 Å². The number of hydrogen-bond acceptors (Lipinski definition) is 4. The van der Waals surface area contributed by atoms with Crippen LogP contribution in [0.4, 0.5) is 5.82 Å². The number of aromatic nitrogens is 2. The number of carbonyl (C=O) groups excluding carboxylic acids is 1. The van der Waals surface area contributed by atoms with Gasteiger partial charge in [-0.3, -0.25) is 4.79 Å². The maximum Gasteiger partial charge on any atom is 0.257 e. The Balaban J connectivity index is 0.000000720. The minimum Gasteiger partial charge on any atom is -0.352 e. The fourth-order valence-corrected chi connectivity index (χ4v) is 0.940. The zero-order chi connectivity index (χ0) is 7.68. The average molecular weight is 187 g/mol. The highest BCUT2D eigenvalue weighted by atomic mass is 35.5. The summed E-state index contributed by atoms with van der Waals surface area (Å²) in [5.41, 5.74) is 0.499. The second-order valence-electron chi connectivity index (χ2n) is 2.14. The Bertz CT molecular complexity index is 303. The van der Waals surface area contributed by atoms with Crippen LogP contribution in [-0.2, 0) is 0 Å². The first kappa shape index (κ1) is 8.73. The van der Waals surface area contributed by atoms with E-state index in [9.17, 15) is 4.79 Å². The summed E-state index contributed by atoms with van der Waals surface area (Å²) in [7, 11) is 0. The van der Waals surface area contributed by atoms with Crippen molar-refractivity contribution >= 4 is 24.1 Å². The Morgan fingerprint density at radius 3 is 3.00 bits per heavy atom. The molecule has 0 aliphatic carbocycles. The van der Waals surface area contributed by atoms with E-state index >= 15 is 0 Å². The van der Waals surface area contributed by atoms with Crippen molar-refractivity contribution in [2.75, 3.05) is 12.0 Å². The molecule has 0 fully saturated rings. The number of fused-ring (bicyclic) bond motifs is 1. The topological polar surface area (TPSA) is 66.9 Å². The highest BCUT2D eigenvalue weighted by molar-refractivity contribution is 5.99. The van der Waals surface area contributed by atoms with Crippen LogP contribution in [0.2, 0.25) is 0 Å². The van der Waals surface area contributed by atoms with Gasteiger partial charge in [0.15, 0.2) is 0 Å². The molecule has 1 amide bonds. The fraction of sp³-hybridized carbons (Fsp3) is 0.167. The summed E-state index contributed by atoms with van der Waals surface area (Å²) in [5, 5.41) is 5.52. The zero-order valence-electron chi connectivity index (χ0n) is 6.07. The molecule has 1 aliphatic rings. The minimum atomic E-state index is -0.126. The molecule has 0 unspecified atom stereocenters. The van der Waals surface area contributed by atoms with E-state index in [1.807, 2.05) is 0 Å². The molecule has 1 aliphatic heterocycles. The molecule has 0 atom stereocenters. The summed E-state index contributed by atoms with van der Waals surface area (Å²) < 4.78 is 0. The van der Waals surface area contributed by atoms with Gasteiger partial charge in [0, 0.05) is 6.20 Å². The van der Waals surface area contributed by atoms with E-state index < -0.39 is 0 Å². The minimum absolute atomic E-state index is 0. The highest BCUT2D eigenvalue weighted by Crippen LogP contribution is 2.11. The molecule has 64 valence electrons. The molecule has 0 spiro atoms. The number of nitrogens with one attached hydrogen (secondary N) is 2. The van der Waals surface area contributed by atoms with Gasteiger partial charge in [-0.2, -0.15) is 0 Å². The van der Waals surface area contributed by atoms with Crippen molar-refractivity contribution in [2.24, 2.45) is 0 Å². The van der Waals surface area contributed by atoms with Gasteiger partial charge in [0.05, 0.1) is 6.67 Å². The molecule has 5 nitrogen and oxygen atoms in total. The van der Waals surface area contributed by atoms with Gasteiger partial charge in [-0.15, -0.1) is 12.4 Å². The smallest absolute Gasteiger partial charge is 0.257 e. The van der Waals surface area contributed by atoms with E-state index in [1.165, 1.54) is 12.5 Å². The van der Waals surface area contributed by atoms with Crippen LogP contribution in [0, 0.1) is 0 Å². The molecule has 0 aromatic carbocycles. The Labute approximate surface area is 75.0 Å². The highest BCUT2D eigenvalue weighted by Gasteiger charge is 2.15. The van der Waals surface area contributed by atoms with E-state index in [-0.39, 0.29) is 18.3 Å². The normalized spacial score (nSPS) is 13.5. The van der Waals surface area contributed by atoms with Crippen LogP contribution in [0.1, 0.15) is 10.4 Å². The summed E-state index contributed by atoms with van der Waals surface area (Å²) in [6.45, 7) is 0.433. The third-order valence-corrected chi connectivity index (χ3v) is 1.46. The molecule has 12 heavy (non-hydrogen) atoms. The number of rotatable bonds is 0. The Morgan fingerprint density at radius 2 is 2.25 bits per heavy atom. The van der Waals surface area contributed by atoms with Crippen LogP contribution in [-0.4, -0.2) is 22.5 Å². The van der Waals surface area contributed by atoms with Crippen molar-refractivity contribution in [3.8, 4) is 0 Å². The number of hydrogen-bond donors (Lipinski definition) is 2. The molecule has 0 radical (unpaired) electrons. The van der Waals surface area contributed by atoms with E-state index in [1.54, 1.807) is 0 Å². The van der Waals surface area contributed by atoms with E-state index in [0.717, 1.165) is 0 Å². The predicted octanol–water partition coefficient (Wildman–Crippen LogP) is 0.0112. The van der Waals surface area contributed by atoms with Crippen molar-refractivity contribution < 1.29 is 4.79 Å². The lowest BCUT2D eigenvalue weighted by molar-refractivity contribution is 0.0952. The van der Waals surface area contributed by atoms with Crippen molar-refractivity contribution in [1.82, 2.24) is 15.3 Å². The number of anilines is 1. The first-order chi connectivity index (χ1) is 5.38. The summed E-state index contributed by atoms with van der Waals surface area (Å²) in [4.78, 5) is 18.7. The third-order valence-electron chi connectivity index (χ3n) is 1.46. The van der Waals surface area contributed by atoms with Crippen molar-refractivity contribution in [1.29, 1.82) is 0 Å². The maximum absolute atomic E-state index is 11.1. The second-order valence-corrected chi connectivity index (χ2v) is 2.14. The van der Waals surface area contributed by atoms with Crippen LogP contribution < -0.4 is 10.6 Å². The molecular formula is C6H7ClN4O. The molecule has 0 saturated heterocycles. The Hall–Kier alpha value is -1.36. The van der Waals surface area contributed by atoms with Crippen molar-refractivity contribution in [2.45, 2.75) is 0 Å². The first-order valence-electron chi connectivity index (χ1n) is 3.20. The monoisotopic (exact) mass is 186 g/mol. The molecule has 0 bridgehead atoms. The fourth-order valence-electron chi connectivity index (χ4n) is 0.940. The quantitative estimate of drug-likeness (QED) is 0.599. The number of nitrogens with zero attached hydrogens (tertiary/aromatic N) is 2. The van der Waals surface area contributed by atoms with E-state index in [0.29, 0.717) is 18.1 Å². The van der Waals surface area contributed by atoms with Gasteiger partial charge >= 0.3 is 0 Å².